The predicted octanol–water partition coefficient (Wildman–Crippen LogP) is 1.59. The summed E-state index contributed by atoms with van der Waals surface area (Å²) >= 11 is 0. The molecule has 4 heteroatoms. The SMILES string of the molecule is Cn1ccnc1CC1(F)CC2CCC(C1)N2. The molecule has 2 fully saturated rings. The lowest BCUT2D eigenvalue weighted by molar-refractivity contribution is 0.0864. The standard InChI is InChI=1S/C12H18FN3/c1-16-5-4-14-11(16)8-12(13)6-9-2-3-10(7-12)15-9/h4-5,9-10,15H,2-3,6-8H2,1H3. The number of imidazole rings is 1. The second-order valence-corrected chi connectivity index (χ2v) is 5.33. The molecule has 0 aliphatic carbocycles. The summed E-state index contributed by atoms with van der Waals surface area (Å²) in [6.07, 6.45) is 7.66. The van der Waals surface area contributed by atoms with Gasteiger partial charge < -0.3 is 9.88 Å². The summed E-state index contributed by atoms with van der Waals surface area (Å²) in [4.78, 5) is 4.23. The highest BCUT2D eigenvalue weighted by atomic mass is 19.1. The van der Waals surface area contributed by atoms with E-state index in [1.165, 1.54) is 0 Å². The van der Waals surface area contributed by atoms with Gasteiger partial charge in [-0.3, -0.25) is 0 Å². The van der Waals surface area contributed by atoms with Crippen molar-refractivity contribution in [2.24, 2.45) is 7.05 Å². The first-order valence-corrected chi connectivity index (χ1v) is 6.06. The summed E-state index contributed by atoms with van der Waals surface area (Å²) in [7, 11) is 1.93. The fraction of sp³-hybridized carbons (Fsp3) is 0.750. The molecule has 2 bridgehead atoms. The molecule has 1 aromatic rings. The van der Waals surface area contributed by atoms with Gasteiger partial charge in [0.1, 0.15) is 11.5 Å². The molecule has 2 unspecified atom stereocenters. The summed E-state index contributed by atoms with van der Waals surface area (Å²) in [5.74, 6) is 0.865. The largest absolute Gasteiger partial charge is 0.338 e. The average molecular weight is 223 g/mol. The van der Waals surface area contributed by atoms with Gasteiger partial charge in [0.2, 0.25) is 0 Å². The fourth-order valence-corrected chi connectivity index (χ4v) is 3.19. The van der Waals surface area contributed by atoms with Gasteiger partial charge in [0, 0.05) is 37.9 Å². The summed E-state index contributed by atoms with van der Waals surface area (Å²) in [6, 6.07) is 0.785. The molecule has 0 spiro atoms. The number of alkyl halides is 1. The zero-order valence-electron chi connectivity index (χ0n) is 9.62. The Morgan fingerprint density at radius 1 is 1.50 bits per heavy atom. The van der Waals surface area contributed by atoms with E-state index in [0.29, 0.717) is 31.3 Å². The van der Waals surface area contributed by atoms with E-state index in [0.717, 1.165) is 18.7 Å². The molecule has 3 heterocycles. The minimum Gasteiger partial charge on any atom is -0.338 e. The van der Waals surface area contributed by atoms with E-state index in [2.05, 4.69) is 10.3 Å². The van der Waals surface area contributed by atoms with Crippen LogP contribution in [0.3, 0.4) is 0 Å². The number of aryl methyl sites for hydroxylation is 1. The molecule has 3 rings (SSSR count). The van der Waals surface area contributed by atoms with Crippen LogP contribution in [0.1, 0.15) is 31.5 Å². The van der Waals surface area contributed by atoms with Gasteiger partial charge in [0.05, 0.1) is 0 Å². The first kappa shape index (κ1) is 10.3. The Balaban J connectivity index is 1.76. The zero-order valence-corrected chi connectivity index (χ0v) is 9.62. The highest BCUT2D eigenvalue weighted by Gasteiger charge is 2.44. The number of hydrogen-bond donors (Lipinski definition) is 1. The highest BCUT2D eigenvalue weighted by Crippen LogP contribution is 2.38. The molecule has 1 aromatic heterocycles. The Morgan fingerprint density at radius 3 is 2.75 bits per heavy atom. The molecule has 0 aromatic carbocycles. The Bertz CT molecular complexity index is 375. The molecule has 16 heavy (non-hydrogen) atoms. The van der Waals surface area contributed by atoms with E-state index < -0.39 is 5.67 Å². The first-order valence-electron chi connectivity index (χ1n) is 6.06. The van der Waals surface area contributed by atoms with Crippen LogP contribution in [0.4, 0.5) is 4.39 Å². The number of hydrogen-bond acceptors (Lipinski definition) is 2. The molecule has 3 nitrogen and oxygen atoms in total. The molecule has 2 saturated heterocycles. The molecule has 2 aliphatic rings. The molecular formula is C12H18FN3. The van der Waals surface area contributed by atoms with Crippen LogP contribution in [0.15, 0.2) is 12.4 Å². The summed E-state index contributed by atoms with van der Waals surface area (Å²) in [5.41, 5.74) is -1.05. The third-order valence-corrected chi connectivity index (χ3v) is 3.96. The number of piperidine rings is 1. The van der Waals surface area contributed by atoms with Gasteiger partial charge in [-0.2, -0.15) is 0 Å². The fourth-order valence-electron chi connectivity index (χ4n) is 3.19. The van der Waals surface area contributed by atoms with Gasteiger partial charge in [-0.15, -0.1) is 0 Å². The minimum atomic E-state index is -1.05. The highest BCUT2D eigenvalue weighted by molar-refractivity contribution is 5.06. The molecule has 1 N–H and O–H groups in total. The van der Waals surface area contributed by atoms with Crippen LogP contribution in [0.25, 0.3) is 0 Å². The van der Waals surface area contributed by atoms with Crippen molar-refractivity contribution in [2.45, 2.75) is 49.9 Å². The molecule has 0 amide bonds. The van der Waals surface area contributed by atoms with E-state index in [9.17, 15) is 4.39 Å². The van der Waals surface area contributed by atoms with Crippen molar-refractivity contribution in [3.05, 3.63) is 18.2 Å². The van der Waals surface area contributed by atoms with Crippen molar-refractivity contribution in [3.8, 4) is 0 Å². The number of fused-ring (bicyclic) bond motifs is 2. The van der Waals surface area contributed by atoms with E-state index in [1.807, 2.05) is 17.8 Å². The summed E-state index contributed by atoms with van der Waals surface area (Å²) < 4.78 is 16.7. The van der Waals surface area contributed by atoms with Gasteiger partial charge in [-0.1, -0.05) is 0 Å². The lowest BCUT2D eigenvalue weighted by atomic mass is 9.86. The van der Waals surface area contributed by atoms with E-state index in [1.54, 1.807) is 6.20 Å². The van der Waals surface area contributed by atoms with Crippen LogP contribution in [0.5, 0.6) is 0 Å². The number of rotatable bonds is 2. The maximum atomic E-state index is 14.8. The third-order valence-electron chi connectivity index (χ3n) is 3.96. The normalized spacial score (nSPS) is 37.9. The zero-order chi connectivity index (χ0) is 11.2. The van der Waals surface area contributed by atoms with Crippen molar-refractivity contribution in [2.75, 3.05) is 0 Å². The van der Waals surface area contributed by atoms with E-state index in [4.69, 9.17) is 0 Å². The lowest BCUT2D eigenvalue weighted by Crippen LogP contribution is -2.47. The molecule has 0 radical (unpaired) electrons. The van der Waals surface area contributed by atoms with Crippen molar-refractivity contribution in [1.29, 1.82) is 0 Å². The first-order chi connectivity index (χ1) is 7.65. The second kappa shape index (κ2) is 3.55. The number of halogens is 1. The van der Waals surface area contributed by atoms with Crippen molar-refractivity contribution in [1.82, 2.24) is 14.9 Å². The van der Waals surface area contributed by atoms with Gasteiger partial charge >= 0.3 is 0 Å². The van der Waals surface area contributed by atoms with Crippen LogP contribution >= 0.6 is 0 Å². The molecule has 88 valence electrons. The number of nitrogens with zero attached hydrogens (tertiary/aromatic N) is 2. The van der Waals surface area contributed by atoms with Crippen molar-refractivity contribution < 1.29 is 4.39 Å². The quantitative estimate of drug-likeness (QED) is 0.825. The van der Waals surface area contributed by atoms with Crippen LogP contribution in [0, 0.1) is 0 Å². The molecule has 2 atom stereocenters. The van der Waals surface area contributed by atoms with E-state index >= 15 is 0 Å². The summed E-state index contributed by atoms with van der Waals surface area (Å²) in [6.45, 7) is 0. The molecular weight excluding hydrogens is 205 g/mol. The smallest absolute Gasteiger partial charge is 0.121 e. The average Bonchev–Trinajstić information content (AvgIpc) is 2.74. The lowest BCUT2D eigenvalue weighted by Gasteiger charge is -2.34. The monoisotopic (exact) mass is 223 g/mol. The molecule has 2 aliphatic heterocycles. The van der Waals surface area contributed by atoms with Crippen molar-refractivity contribution in [3.63, 3.8) is 0 Å². The second-order valence-electron chi connectivity index (χ2n) is 5.33. The van der Waals surface area contributed by atoms with Gasteiger partial charge in [-0.05, 0) is 25.7 Å². The van der Waals surface area contributed by atoms with Crippen molar-refractivity contribution >= 4 is 0 Å². The van der Waals surface area contributed by atoms with Gasteiger partial charge in [0.15, 0.2) is 0 Å². The van der Waals surface area contributed by atoms with Crippen LogP contribution in [-0.2, 0) is 13.5 Å². The van der Waals surface area contributed by atoms with Gasteiger partial charge in [-0.25, -0.2) is 9.37 Å². The topological polar surface area (TPSA) is 29.9 Å². The minimum absolute atomic E-state index is 0.393. The Kier molecular flexibility index (Phi) is 2.28. The van der Waals surface area contributed by atoms with Gasteiger partial charge in [0.25, 0.3) is 0 Å². The van der Waals surface area contributed by atoms with Crippen LogP contribution < -0.4 is 5.32 Å². The maximum absolute atomic E-state index is 14.8. The van der Waals surface area contributed by atoms with Crippen LogP contribution in [0.2, 0.25) is 0 Å². The Hall–Kier alpha value is -0.900. The predicted molar refractivity (Wildman–Crippen MR) is 59.9 cm³/mol. The Labute approximate surface area is 95.1 Å². The maximum Gasteiger partial charge on any atom is 0.121 e. The summed E-state index contributed by atoms with van der Waals surface area (Å²) in [5, 5.41) is 3.47. The number of aromatic nitrogens is 2. The molecule has 0 saturated carbocycles. The Morgan fingerprint density at radius 2 is 2.19 bits per heavy atom. The number of nitrogens with one attached hydrogen (secondary N) is 1. The van der Waals surface area contributed by atoms with Crippen LogP contribution in [-0.4, -0.2) is 27.3 Å². The third kappa shape index (κ3) is 1.75. The van der Waals surface area contributed by atoms with E-state index in [-0.39, 0.29) is 0 Å².